The Balaban J connectivity index is 1.54. The second-order valence-electron chi connectivity index (χ2n) is 6.27. The van der Waals surface area contributed by atoms with Gasteiger partial charge in [0.2, 0.25) is 11.8 Å². The van der Waals surface area contributed by atoms with Crippen LogP contribution in [0.5, 0.6) is 5.88 Å². The molecule has 126 valence electrons. The Morgan fingerprint density at radius 1 is 1.30 bits per heavy atom. The van der Waals surface area contributed by atoms with E-state index in [1.807, 2.05) is 17.0 Å². The Morgan fingerprint density at radius 3 is 2.57 bits per heavy atom. The van der Waals surface area contributed by atoms with Crippen LogP contribution in [0.15, 0.2) is 18.3 Å². The van der Waals surface area contributed by atoms with E-state index in [-0.39, 0.29) is 17.9 Å². The molecule has 0 aromatic carbocycles. The number of hydrogen-bond donors (Lipinski definition) is 2. The second kappa shape index (κ2) is 6.72. The van der Waals surface area contributed by atoms with Crippen molar-refractivity contribution in [3.8, 4) is 5.88 Å². The molecule has 3 N–H and O–H groups in total. The number of methoxy groups -OCH3 is 1. The fourth-order valence-corrected chi connectivity index (χ4v) is 3.37. The van der Waals surface area contributed by atoms with Crippen LogP contribution in [0.25, 0.3) is 0 Å². The third kappa shape index (κ3) is 3.40. The molecule has 0 unspecified atom stereocenters. The van der Waals surface area contributed by atoms with Gasteiger partial charge in [0.1, 0.15) is 0 Å². The van der Waals surface area contributed by atoms with Gasteiger partial charge in [-0.25, -0.2) is 4.98 Å². The predicted molar refractivity (Wildman–Crippen MR) is 86.3 cm³/mol. The summed E-state index contributed by atoms with van der Waals surface area (Å²) in [5.74, 6) is 0.595. The van der Waals surface area contributed by atoms with Gasteiger partial charge in [0.05, 0.1) is 25.1 Å². The van der Waals surface area contributed by atoms with Crippen molar-refractivity contribution >= 4 is 11.6 Å². The highest BCUT2D eigenvalue weighted by Gasteiger charge is 2.37. The van der Waals surface area contributed by atoms with Crippen LogP contribution in [0.2, 0.25) is 0 Å². The van der Waals surface area contributed by atoms with Gasteiger partial charge in [-0.1, -0.05) is 0 Å². The third-order valence-electron chi connectivity index (χ3n) is 4.81. The van der Waals surface area contributed by atoms with Crippen molar-refractivity contribution in [3.05, 3.63) is 18.3 Å². The number of nitrogens with zero attached hydrogens (tertiary/aromatic N) is 3. The maximum absolute atomic E-state index is 12.5. The lowest BCUT2D eigenvalue weighted by Crippen LogP contribution is -2.50. The average molecular weight is 320 g/mol. The summed E-state index contributed by atoms with van der Waals surface area (Å²) in [4.78, 5) is 20.9. The van der Waals surface area contributed by atoms with Gasteiger partial charge in [0.15, 0.2) is 0 Å². The summed E-state index contributed by atoms with van der Waals surface area (Å²) in [6.07, 6.45) is 2.32. The molecule has 1 aromatic rings. The van der Waals surface area contributed by atoms with E-state index < -0.39 is 6.10 Å². The van der Waals surface area contributed by atoms with Crippen LogP contribution in [-0.2, 0) is 4.79 Å². The Kier molecular flexibility index (Phi) is 4.68. The Hall–Kier alpha value is -1.86. The van der Waals surface area contributed by atoms with Gasteiger partial charge in [-0.3, -0.25) is 4.79 Å². The molecule has 0 radical (unpaired) electrons. The van der Waals surface area contributed by atoms with Crippen molar-refractivity contribution in [1.29, 1.82) is 0 Å². The van der Waals surface area contributed by atoms with Gasteiger partial charge in [-0.2, -0.15) is 0 Å². The Bertz CT molecular complexity index is 533. The van der Waals surface area contributed by atoms with Crippen LogP contribution in [0.1, 0.15) is 12.8 Å². The summed E-state index contributed by atoms with van der Waals surface area (Å²) in [6, 6.07) is 3.56. The van der Waals surface area contributed by atoms with Crippen molar-refractivity contribution in [1.82, 2.24) is 9.88 Å². The highest BCUT2D eigenvalue weighted by atomic mass is 16.5. The monoisotopic (exact) mass is 320 g/mol. The molecular weight excluding hydrogens is 296 g/mol. The first-order chi connectivity index (χ1) is 11.1. The fraction of sp³-hybridized carbons (Fsp3) is 0.625. The summed E-state index contributed by atoms with van der Waals surface area (Å²) in [5.41, 5.74) is 6.85. The number of aromatic nitrogens is 1. The van der Waals surface area contributed by atoms with E-state index in [0.717, 1.165) is 18.8 Å². The highest BCUT2D eigenvalue weighted by Crippen LogP contribution is 2.27. The zero-order valence-electron chi connectivity index (χ0n) is 13.4. The van der Waals surface area contributed by atoms with Gasteiger partial charge in [0.25, 0.3) is 0 Å². The molecule has 3 rings (SSSR count). The highest BCUT2D eigenvalue weighted by molar-refractivity contribution is 5.79. The smallest absolute Gasteiger partial charge is 0.225 e. The van der Waals surface area contributed by atoms with E-state index in [1.165, 1.54) is 0 Å². The lowest BCUT2D eigenvalue weighted by atomic mass is 10.1. The number of carbonyl (C=O) groups excluding carboxylic acids is 1. The largest absolute Gasteiger partial charge is 0.481 e. The van der Waals surface area contributed by atoms with Gasteiger partial charge in [0, 0.05) is 44.2 Å². The summed E-state index contributed by atoms with van der Waals surface area (Å²) in [7, 11) is 1.60. The molecule has 1 aliphatic heterocycles. The molecule has 0 spiro atoms. The van der Waals surface area contributed by atoms with Crippen LogP contribution < -0.4 is 15.4 Å². The average Bonchev–Trinajstić information content (AvgIpc) is 2.93. The van der Waals surface area contributed by atoms with E-state index >= 15 is 0 Å². The first-order valence-corrected chi connectivity index (χ1v) is 8.06. The molecule has 7 nitrogen and oxygen atoms in total. The van der Waals surface area contributed by atoms with Crippen molar-refractivity contribution in [3.63, 3.8) is 0 Å². The third-order valence-corrected chi connectivity index (χ3v) is 4.81. The Labute approximate surface area is 136 Å². The van der Waals surface area contributed by atoms with Crippen LogP contribution in [-0.4, -0.2) is 66.3 Å². The second-order valence-corrected chi connectivity index (χ2v) is 6.27. The predicted octanol–water partition coefficient (Wildman–Crippen LogP) is -0.163. The molecule has 1 saturated heterocycles. The molecule has 1 saturated carbocycles. The quantitative estimate of drug-likeness (QED) is 0.804. The maximum Gasteiger partial charge on any atom is 0.225 e. The van der Waals surface area contributed by atoms with Crippen molar-refractivity contribution in [2.24, 2.45) is 11.7 Å². The van der Waals surface area contributed by atoms with Crippen LogP contribution in [0, 0.1) is 5.92 Å². The zero-order chi connectivity index (χ0) is 16.4. The number of hydrogen-bond acceptors (Lipinski definition) is 6. The SMILES string of the molecule is COc1ccc(N2CCN(C(=O)[C@H]3C[C@@H](N)[C@H](O)C3)CC2)cn1. The minimum Gasteiger partial charge on any atom is -0.481 e. The molecule has 23 heavy (non-hydrogen) atoms. The molecular formula is C16H24N4O3. The first kappa shape index (κ1) is 16.0. The van der Waals surface area contributed by atoms with E-state index in [9.17, 15) is 9.90 Å². The van der Waals surface area contributed by atoms with Gasteiger partial charge < -0.3 is 25.4 Å². The molecule has 1 aliphatic carbocycles. The summed E-state index contributed by atoms with van der Waals surface area (Å²) < 4.78 is 5.07. The molecule has 1 aromatic heterocycles. The van der Waals surface area contributed by atoms with E-state index in [0.29, 0.717) is 31.8 Å². The zero-order valence-corrected chi connectivity index (χ0v) is 13.4. The van der Waals surface area contributed by atoms with Crippen molar-refractivity contribution < 1.29 is 14.6 Å². The number of piperazine rings is 1. The molecule has 2 heterocycles. The van der Waals surface area contributed by atoms with E-state index in [1.54, 1.807) is 13.3 Å². The lowest BCUT2D eigenvalue weighted by Gasteiger charge is -2.37. The molecule has 3 atom stereocenters. The van der Waals surface area contributed by atoms with Gasteiger partial charge in [-0.15, -0.1) is 0 Å². The normalized spacial score (nSPS) is 28.0. The molecule has 2 fully saturated rings. The fourth-order valence-electron chi connectivity index (χ4n) is 3.37. The van der Waals surface area contributed by atoms with Crippen LogP contribution >= 0.6 is 0 Å². The van der Waals surface area contributed by atoms with E-state index in [2.05, 4.69) is 9.88 Å². The number of carbonyl (C=O) groups is 1. The van der Waals surface area contributed by atoms with E-state index in [4.69, 9.17) is 10.5 Å². The number of nitrogens with two attached hydrogens (primary N) is 1. The summed E-state index contributed by atoms with van der Waals surface area (Å²) in [5, 5.41) is 9.73. The number of aliphatic hydroxyl groups is 1. The molecule has 0 bridgehead atoms. The number of pyridine rings is 1. The minimum absolute atomic E-state index is 0.129. The summed E-state index contributed by atoms with van der Waals surface area (Å²) in [6.45, 7) is 2.93. The van der Waals surface area contributed by atoms with Gasteiger partial charge >= 0.3 is 0 Å². The molecule has 7 heteroatoms. The maximum atomic E-state index is 12.5. The number of amides is 1. The standard InChI is InChI=1S/C16H24N4O3/c1-23-15-3-2-12(10-18-15)19-4-6-20(7-5-19)16(22)11-8-13(17)14(21)9-11/h2-3,10-11,13-14,21H,4-9,17H2,1H3/t11-,13+,14+/m0/s1. The van der Waals surface area contributed by atoms with Crippen molar-refractivity contribution in [2.45, 2.75) is 25.0 Å². The molecule has 1 amide bonds. The van der Waals surface area contributed by atoms with Crippen LogP contribution in [0.4, 0.5) is 5.69 Å². The topological polar surface area (TPSA) is 91.9 Å². The number of ether oxygens (including phenoxy) is 1. The van der Waals surface area contributed by atoms with Gasteiger partial charge in [-0.05, 0) is 18.9 Å². The molecule has 2 aliphatic rings. The number of aliphatic hydroxyl groups excluding tert-OH is 1. The lowest BCUT2D eigenvalue weighted by molar-refractivity contribution is -0.135. The van der Waals surface area contributed by atoms with Crippen molar-refractivity contribution in [2.75, 3.05) is 38.2 Å². The van der Waals surface area contributed by atoms with Crippen LogP contribution in [0.3, 0.4) is 0 Å². The first-order valence-electron chi connectivity index (χ1n) is 8.06. The summed E-state index contributed by atoms with van der Waals surface area (Å²) >= 11 is 0. The number of anilines is 1. The Morgan fingerprint density at radius 2 is 2.04 bits per heavy atom. The number of rotatable bonds is 3. The minimum atomic E-state index is -0.546.